The molecule has 1 heterocycles. The number of fused-ring (bicyclic) bond motifs is 1. The molecule has 0 spiro atoms. The van der Waals surface area contributed by atoms with E-state index >= 15 is 0 Å². The molecule has 0 fully saturated rings. The summed E-state index contributed by atoms with van der Waals surface area (Å²) in [5.41, 5.74) is 5.38. The van der Waals surface area contributed by atoms with E-state index in [-0.39, 0.29) is 0 Å². The molecule has 0 saturated carbocycles. The minimum Gasteiger partial charge on any atom is -0.489 e. The van der Waals surface area contributed by atoms with Crippen molar-refractivity contribution in [1.82, 2.24) is 5.32 Å². The fraction of sp³-hybridized carbons (Fsp3) is 0.294. The van der Waals surface area contributed by atoms with Gasteiger partial charge in [-0.2, -0.15) is 0 Å². The molecule has 0 atom stereocenters. The van der Waals surface area contributed by atoms with Crippen molar-refractivity contribution < 1.29 is 4.74 Å². The van der Waals surface area contributed by atoms with Gasteiger partial charge in [-0.05, 0) is 48.7 Å². The largest absolute Gasteiger partial charge is 0.489 e. The lowest BCUT2D eigenvalue weighted by atomic mass is 9.99. The van der Waals surface area contributed by atoms with Crippen molar-refractivity contribution in [3.63, 3.8) is 0 Å². The van der Waals surface area contributed by atoms with Gasteiger partial charge in [0.05, 0.1) is 0 Å². The standard InChI is InChI=1S/C17H19NO/c1-13-2-6-17(7-3-13)19-12-14-4-5-15-8-9-18-11-16(15)10-14/h2-7,10,18H,8-9,11-12H2,1H3. The number of hydrogen-bond acceptors (Lipinski definition) is 2. The van der Waals surface area contributed by atoms with Crippen LogP contribution in [0, 0.1) is 6.92 Å². The molecule has 1 N–H and O–H groups in total. The third-order valence-corrected chi connectivity index (χ3v) is 3.58. The van der Waals surface area contributed by atoms with Gasteiger partial charge in [-0.1, -0.05) is 35.9 Å². The minimum absolute atomic E-state index is 0.635. The second-order valence-corrected chi connectivity index (χ2v) is 5.13. The van der Waals surface area contributed by atoms with Gasteiger partial charge in [-0.15, -0.1) is 0 Å². The molecule has 0 amide bonds. The molecule has 0 bridgehead atoms. The number of ether oxygens (including phenoxy) is 1. The van der Waals surface area contributed by atoms with Gasteiger partial charge in [0, 0.05) is 6.54 Å². The summed E-state index contributed by atoms with van der Waals surface area (Å²) >= 11 is 0. The topological polar surface area (TPSA) is 21.3 Å². The quantitative estimate of drug-likeness (QED) is 0.907. The highest BCUT2D eigenvalue weighted by Gasteiger charge is 2.08. The van der Waals surface area contributed by atoms with Crippen LogP contribution in [0.2, 0.25) is 0 Å². The first-order valence-electron chi connectivity index (χ1n) is 6.82. The highest BCUT2D eigenvalue weighted by Crippen LogP contribution is 2.18. The molecule has 2 aromatic carbocycles. The number of benzene rings is 2. The second-order valence-electron chi connectivity index (χ2n) is 5.13. The molecule has 0 aromatic heterocycles. The average molecular weight is 253 g/mol. The van der Waals surface area contributed by atoms with Gasteiger partial charge < -0.3 is 10.1 Å². The lowest BCUT2D eigenvalue weighted by Gasteiger charge is -2.18. The third-order valence-electron chi connectivity index (χ3n) is 3.58. The van der Waals surface area contributed by atoms with Gasteiger partial charge in [0.1, 0.15) is 12.4 Å². The molecule has 2 aromatic rings. The van der Waals surface area contributed by atoms with Crippen molar-refractivity contribution >= 4 is 0 Å². The van der Waals surface area contributed by atoms with E-state index in [9.17, 15) is 0 Å². The molecule has 0 radical (unpaired) electrons. The fourth-order valence-electron chi connectivity index (χ4n) is 2.42. The Morgan fingerprint density at radius 3 is 2.74 bits per heavy atom. The average Bonchev–Trinajstić information content (AvgIpc) is 2.46. The Morgan fingerprint density at radius 1 is 1.05 bits per heavy atom. The molecule has 1 aliphatic rings. The first-order valence-corrected chi connectivity index (χ1v) is 6.82. The van der Waals surface area contributed by atoms with Gasteiger partial charge in [0.15, 0.2) is 0 Å². The molecule has 2 heteroatoms. The van der Waals surface area contributed by atoms with E-state index in [1.807, 2.05) is 12.1 Å². The molecule has 0 aliphatic carbocycles. The minimum atomic E-state index is 0.635. The predicted octanol–water partition coefficient (Wildman–Crippen LogP) is 3.22. The maximum atomic E-state index is 5.82. The van der Waals surface area contributed by atoms with Gasteiger partial charge in [-0.3, -0.25) is 0 Å². The summed E-state index contributed by atoms with van der Waals surface area (Å²) in [5, 5.41) is 3.41. The van der Waals surface area contributed by atoms with Crippen molar-refractivity contribution in [2.45, 2.75) is 26.5 Å². The van der Waals surface area contributed by atoms with E-state index in [0.717, 1.165) is 25.3 Å². The summed E-state index contributed by atoms with van der Waals surface area (Å²) in [5.74, 6) is 0.932. The van der Waals surface area contributed by atoms with Crippen LogP contribution in [-0.4, -0.2) is 6.54 Å². The monoisotopic (exact) mass is 253 g/mol. The number of aryl methyl sites for hydroxylation is 1. The lowest BCUT2D eigenvalue weighted by Crippen LogP contribution is -2.23. The molecule has 0 saturated heterocycles. The van der Waals surface area contributed by atoms with Crippen molar-refractivity contribution in [3.8, 4) is 5.75 Å². The zero-order valence-corrected chi connectivity index (χ0v) is 11.3. The smallest absolute Gasteiger partial charge is 0.119 e. The lowest BCUT2D eigenvalue weighted by molar-refractivity contribution is 0.306. The highest BCUT2D eigenvalue weighted by atomic mass is 16.5. The van der Waals surface area contributed by atoms with Crippen molar-refractivity contribution in [2.24, 2.45) is 0 Å². The van der Waals surface area contributed by atoms with E-state index in [1.54, 1.807) is 0 Å². The Bertz CT molecular complexity index is 560. The molecule has 3 rings (SSSR count). The molecule has 2 nitrogen and oxygen atoms in total. The van der Waals surface area contributed by atoms with Gasteiger partial charge in [-0.25, -0.2) is 0 Å². The summed E-state index contributed by atoms with van der Waals surface area (Å²) in [6, 6.07) is 14.9. The summed E-state index contributed by atoms with van der Waals surface area (Å²) in [4.78, 5) is 0. The summed E-state index contributed by atoms with van der Waals surface area (Å²) in [6.07, 6.45) is 1.13. The molecule has 1 aliphatic heterocycles. The van der Waals surface area contributed by atoms with Crippen molar-refractivity contribution in [2.75, 3.05) is 6.54 Å². The van der Waals surface area contributed by atoms with E-state index in [4.69, 9.17) is 4.74 Å². The Labute approximate surface area is 114 Å². The third kappa shape index (κ3) is 2.96. The predicted molar refractivity (Wildman–Crippen MR) is 77.4 cm³/mol. The molecule has 0 unspecified atom stereocenters. The molecular formula is C17H19NO. The maximum absolute atomic E-state index is 5.82. The number of hydrogen-bond donors (Lipinski definition) is 1. The van der Waals surface area contributed by atoms with E-state index in [2.05, 4.69) is 42.6 Å². The maximum Gasteiger partial charge on any atom is 0.119 e. The first-order chi connectivity index (χ1) is 9.31. The van der Waals surface area contributed by atoms with Crippen molar-refractivity contribution in [1.29, 1.82) is 0 Å². The van der Waals surface area contributed by atoms with E-state index in [0.29, 0.717) is 6.61 Å². The van der Waals surface area contributed by atoms with E-state index in [1.165, 1.54) is 22.3 Å². The highest BCUT2D eigenvalue weighted by molar-refractivity contribution is 5.34. The van der Waals surface area contributed by atoms with Crippen LogP contribution in [0.25, 0.3) is 0 Å². The fourth-order valence-corrected chi connectivity index (χ4v) is 2.42. The number of nitrogens with one attached hydrogen (secondary N) is 1. The van der Waals surface area contributed by atoms with Crippen LogP contribution in [0.3, 0.4) is 0 Å². The molecule has 19 heavy (non-hydrogen) atoms. The van der Waals surface area contributed by atoms with Gasteiger partial charge in [0.2, 0.25) is 0 Å². The molecule has 98 valence electrons. The van der Waals surface area contributed by atoms with Crippen LogP contribution >= 0.6 is 0 Å². The van der Waals surface area contributed by atoms with Crippen LogP contribution in [0.1, 0.15) is 22.3 Å². The summed E-state index contributed by atoms with van der Waals surface area (Å²) in [7, 11) is 0. The van der Waals surface area contributed by atoms with Crippen LogP contribution in [0.5, 0.6) is 5.75 Å². The first kappa shape index (κ1) is 12.2. The van der Waals surface area contributed by atoms with Crippen molar-refractivity contribution in [3.05, 3.63) is 64.7 Å². The SMILES string of the molecule is Cc1ccc(OCc2ccc3c(c2)CNCC3)cc1. The Hall–Kier alpha value is -1.80. The zero-order valence-electron chi connectivity index (χ0n) is 11.3. The van der Waals surface area contributed by atoms with Crippen LogP contribution in [-0.2, 0) is 19.6 Å². The normalized spacial score (nSPS) is 13.9. The summed E-state index contributed by atoms with van der Waals surface area (Å²) in [6.45, 7) is 4.79. The van der Waals surface area contributed by atoms with Crippen LogP contribution < -0.4 is 10.1 Å². The Balaban J connectivity index is 1.68. The van der Waals surface area contributed by atoms with Gasteiger partial charge in [0.25, 0.3) is 0 Å². The van der Waals surface area contributed by atoms with E-state index < -0.39 is 0 Å². The molecular weight excluding hydrogens is 234 g/mol. The van der Waals surface area contributed by atoms with Gasteiger partial charge >= 0.3 is 0 Å². The second kappa shape index (κ2) is 5.45. The number of rotatable bonds is 3. The van der Waals surface area contributed by atoms with Crippen LogP contribution in [0.4, 0.5) is 0 Å². The zero-order chi connectivity index (χ0) is 13.1. The Morgan fingerprint density at radius 2 is 1.89 bits per heavy atom. The van der Waals surface area contributed by atoms with Crippen LogP contribution in [0.15, 0.2) is 42.5 Å². The Kier molecular flexibility index (Phi) is 3.51. The summed E-state index contributed by atoms with van der Waals surface area (Å²) < 4.78 is 5.82.